The fourth-order valence-corrected chi connectivity index (χ4v) is 4.89. The summed E-state index contributed by atoms with van der Waals surface area (Å²) in [5.41, 5.74) is 1.45. The van der Waals surface area contributed by atoms with Crippen LogP contribution in [0.3, 0.4) is 0 Å². The number of carbonyl (C=O) groups is 1. The van der Waals surface area contributed by atoms with Crippen molar-refractivity contribution in [1.29, 1.82) is 0 Å². The maximum atomic E-state index is 12.5. The molecule has 3 atom stereocenters. The van der Waals surface area contributed by atoms with Gasteiger partial charge >= 0.3 is 12.3 Å². The Labute approximate surface area is 194 Å². The molecule has 1 saturated carbocycles. The first-order chi connectivity index (χ1) is 15.8. The van der Waals surface area contributed by atoms with Crippen LogP contribution in [0.2, 0.25) is 0 Å². The summed E-state index contributed by atoms with van der Waals surface area (Å²) in [5, 5.41) is 23.2. The summed E-state index contributed by atoms with van der Waals surface area (Å²) < 4.78 is 43.3. The number of hydrogen-bond acceptors (Lipinski definition) is 5. The van der Waals surface area contributed by atoms with Crippen LogP contribution in [0.15, 0.2) is 42.5 Å². The predicted molar refractivity (Wildman–Crippen MR) is 120 cm³/mol. The van der Waals surface area contributed by atoms with Crippen LogP contribution < -0.4 is 10.1 Å². The second-order valence-electron chi connectivity index (χ2n) is 9.52. The summed E-state index contributed by atoms with van der Waals surface area (Å²) in [6.07, 6.45) is -3.89. The minimum atomic E-state index is -4.78. The monoisotopic (exact) mass is 477 g/mol. The number of aliphatic hydroxyl groups is 1. The quantitative estimate of drug-likeness (QED) is 0.434. The van der Waals surface area contributed by atoms with Crippen molar-refractivity contribution in [2.24, 2.45) is 11.3 Å². The third kappa shape index (κ3) is 4.82. The minimum absolute atomic E-state index is 0.0242. The van der Waals surface area contributed by atoms with Gasteiger partial charge in [-0.1, -0.05) is 20.8 Å². The summed E-state index contributed by atoms with van der Waals surface area (Å²) >= 11 is 0. The van der Waals surface area contributed by atoms with Crippen LogP contribution in [0.5, 0.6) is 5.75 Å². The number of alkyl halides is 3. The van der Waals surface area contributed by atoms with Crippen molar-refractivity contribution in [3.8, 4) is 5.75 Å². The van der Waals surface area contributed by atoms with Crippen LogP contribution in [-0.4, -0.2) is 38.2 Å². The Hall–Kier alpha value is -3.27. The number of aromatic nitrogens is 2. The number of fused-ring (bicyclic) bond motifs is 1. The summed E-state index contributed by atoms with van der Waals surface area (Å²) in [4.78, 5) is 16.1. The van der Waals surface area contributed by atoms with Gasteiger partial charge in [0, 0.05) is 11.7 Å². The summed E-state index contributed by atoms with van der Waals surface area (Å²) in [6.45, 7) is 6.01. The molecule has 0 aliphatic heterocycles. The van der Waals surface area contributed by atoms with Crippen LogP contribution in [0, 0.1) is 11.3 Å². The van der Waals surface area contributed by atoms with E-state index in [1.807, 2.05) is 25.3 Å². The van der Waals surface area contributed by atoms with Crippen molar-refractivity contribution in [3.05, 3.63) is 48.0 Å². The number of hydrogen-bond donors (Lipinski definition) is 3. The number of nitrogens with zero attached hydrogens (tertiary/aromatic N) is 2. The van der Waals surface area contributed by atoms with Gasteiger partial charge in [0.2, 0.25) is 5.95 Å². The van der Waals surface area contributed by atoms with Gasteiger partial charge in [-0.05, 0) is 66.6 Å². The van der Waals surface area contributed by atoms with E-state index in [1.54, 1.807) is 6.07 Å². The average molecular weight is 477 g/mol. The van der Waals surface area contributed by atoms with Gasteiger partial charge in [-0.15, -0.1) is 13.2 Å². The lowest BCUT2D eigenvalue weighted by Gasteiger charge is -2.44. The number of halogens is 3. The minimum Gasteiger partial charge on any atom is -0.478 e. The number of benzene rings is 2. The number of imidazole rings is 1. The number of rotatable bonds is 5. The zero-order chi connectivity index (χ0) is 24.8. The Morgan fingerprint density at radius 1 is 1.21 bits per heavy atom. The van der Waals surface area contributed by atoms with Crippen molar-refractivity contribution < 1.29 is 32.9 Å². The van der Waals surface area contributed by atoms with E-state index in [9.17, 15) is 28.2 Å². The van der Waals surface area contributed by atoms with Gasteiger partial charge in [-0.25, -0.2) is 9.78 Å². The number of nitrogens with one attached hydrogen (secondary N) is 1. The molecule has 0 amide bonds. The lowest BCUT2D eigenvalue weighted by atomic mass is 9.68. The summed E-state index contributed by atoms with van der Waals surface area (Å²) in [5.74, 6) is -0.946. The number of ether oxygens (including phenoxy) is 1. The Morgan fingerprint density at radius 3 is 2.47 bits per heavy atom. The molecule has 10 heteroatoms. The number of aromatic carboxylic acids is 1. The Balaban J connectivity index is 1.74. The van der Waals surface area contributed by atoms with Crippen LogP contribution in [-0.2, 0) is 0 Å². The maximum absolute atomic E-state index is 12.5. The normalized spacial score (nSPS) is 22.5. The highest BCUT2D eigenvalue weighted by Crippen LogP contribution is 2.46. The van der Waals surface area contributed by atoms with E-state index in [0.717, 1.165) is 5.52 Å². The molecule has 0 spiro atoms. The Bertz CT molecular complexity index is 1200. The zero-order valence-electron chi connectivity index (χ0n) is 18.9. The Morgan fingerprint density at radius 2 is 1.88 bits per heavy atom. The van der Waals surface area contributed by atoms with Crippen molar-refractivity contribution in [2.75, 3.05) is 5.32 Å². The molecular weight excluding hydrogens is 451 g/mol. The lowest BCUT2D eigenvalue weighted by molar-refractivity contribution is -0.274. The molecule has 1 aliphatic rings. The van der Waals surface area contributed by atoms with Gasteiger partial charge < -0.3 is 24.8 Å². The molecule has 34 heavy (non-hydrogen) atoms. The van der Waals surface area contributed by atoms with E-state index in [-0.39, 0.29) is 28.7 Å². The Kier molecular flexibility index (Phi) is 5.97. The first kappa shape index (κ1) is 23.9. The molecule has 2 aromatic carbocycles. The van der Waals surface area contributed by atoms with Crippen LogP contribution in [0.4, 0.5) is 24.8 Å². The number of carboxylic acid groups (broad SMARTS) is 1. The smallest absolute Gasteiger partial charge is 0.478 e. The van der Waals surface area contributed by atoms with E-state index in [1.165, 1.54) is 36.4 Å². The molecular formula is C24H26F3N3O4. The van der Waals surface area contributed by atoms with E-state index in [4.69, 9.17) is 0 Å². The van der Waals surface area contributed by atoms with Crippen LogP contribution in [0.25, 0.3) is 11.0 Å². The van der Waals surface area contributed by atoms with E-state index in [0.29, 0.717) is 30.0 Å². The molecule has 4 rings (SSSR count). The third-order valence-corrected chi connectivity index (χ3v) is 6.39. The number of carboxylic acids is 1. The SMILES string of the molecule is C[C@H]1C[C@@H](n2c(Nc3ccc(OC(F)(F)F)cc3)nc3cc(C(=O)O)ccc32)CC(C)(C)[C@@H]1O. The van der Waals surface area contributed by atoms with Crippen molar-refractivity contribution in [2.45, 2.75) is 52.1 Å². The highest BCUT2D eigenvalue weighted by atomic mass is 19.4. The van der Waals surface area contributed by atoms with Gasteiger partial charge in [0.1, 0.15) is 5.75 Å². The summed E-state index contributed by atoms with van der Waals surface area (Å²) in [6, 6.07) is 9.98. The molecule has 3 N–H and O–H groups in total. The molecule has 1 fully saturated rings. The first-order valence-corrected chi connectivity index (χ1v) is 10.9. The molecule has 3 aromatic rings. The van der Waals surface area contributed by atoms with E-state index < -0.39 is 18.4 Å². The number of anilines is 2. The third-order valence-electron chi connectivity index (χ3n) is 6.39. The second-order valence-corrected chi connectivity index (χ2v) is 9.52. The second kappa shape index (κ2) is 8.50. The molecule has 1 aliphatic carbocycles. The zero-order valence-corrected chi connectivity index (χ0v) is 18.9. The predicted octanol–water partition coefficient (Wildman–Crippen LogP) is 5.73. The highest BCUT2D eigenvalue weighted by Gasteiger charge is 2.41. The highest BCUT2D eigenvalue weighted by molar-refractivity contribution is 5.93. The molecule has 182 valence electrons. The van der Waals surface area contributed by atoms with E-state index >= 15 is 0 Å². The molecule has 1 heterocycles. The standard InChI is InChI=1S/C24H26F3N3O4/c1-13-10-16(12-23(2,3)20(13)31)30-19-9-4-14(21(32)33)11-18(19)29-22(30)28-15-5-7-17(8-6-15)34-24(25,26)27/h4-9,11,13,16,20,31H,10,12H2,1-3H3,(H,28,29)(H,32,33)/t13-,16+,20+/m0/s1. The van der Waals surface area contributed by atoms with Crippen LogP contribution >= 0.6 is 0 Å². The van der Waals surface area contributed by atoms with Crippen molar-refractivity contribution >= 4 is 28.6 Å². The van der Waals surface area contributed by atoms with Crippen molar-refractivity contribution in [3.63, 3.8) is 0 Å². The maximum Gasteiger partial charge on any atom is 0.573 e. The van der Waals surface area contributed by atoms with Crippen molar-refractivity contribution in [1.82, 2.24) is 9.55 Å². The molecule has 0 radical (unpaired) electrons. The van der Waals surface area contributed by atoms with Gasteiger partial charge in [-0.3, -0.25) is 0 Å². The van der Waals surface area contributed by atoms with Crippen LogP contribution in [0.1, 0.15) is 50.0 Å². The van der Waals surface area contributed by atoms with Gasteiger partial charge in [0.25, 0.3) is 0 Å². The van der Waals surface area contributed by atoms with Gasteiger partial charge in [-0.2, -0.15) is 0 Å². The fourth-order valence-electron chi connectivity index (χ4n) is 4.89. The molecule has 1 aromatic heterocycles. The lowest BCUT2D eigenvalue weighted by Crippen LogP contribution is -2.42. The van der Waals surface area contributed by atoms with Gasteiger partial charge in [0.05, 0.1) is 22.7 Å². The number of aliphatic hydroxyl groups excluding tert-OH is 1. The fraction of sp³-hybridized carbons (Fsp3) is 0.417. The largest absolute Gasteiger partial charge is 0.573 e. The topological polar surface area (TPSA) is 96.6 Å². The molecule has 7 nitrogen and oxygen atoms in total. The molecule has 0 unspecified atom stereocenters. The van der Waals surface area contributed by atoms with E-state index in [2.05, 4.69) is 15.0 Å². The van der Waals surface area contributed by atoms with Gasteiger partial charge in [0.15, 0.2) is 0 Å². The molecule has 0 saturated heterocycles. The molecule has 0 bridgehead atoms. The first-order valence-electron chi connectivity index (χ1n) is 10.9. The average Bonchev–Trinajstić information content (AvgIpc) is 3.09. The summed E-state index contributed by atoms with van der Waals surface area (Å²) in [7, 11) is 0.